The van der Waals surface area contributed by atoms with Crippen molar-refractivity contribution in [3.63, 3.8) is 0 Å². The Kier molecular flexibility index (Phi) is 5.31. The predicted molar refractivity (Wildman–Crippen MR) is 76.8 cm³/mol. The summed E-state index contributed by atoms with van der Waals surface area (Å²) in [6.45, 7) is -0.102. The predicted octanol–water partition coefficient (Wildman–Crippen LogP) is 2.02. The molecule has 0 heterocycles. The van der Waals surface area contributed by atoms with Gasteiger partial charge in [0.15, 0.2) is 0 Å². The molecule has 1 fully saturated rings. The van der Waals surface area contributed by atoms with Gasteiger partial charge in [-0.3, -0.25) is 4.79 Å². The van der Waals surface area contributed by atoms with Crippen molar-refractivity contribution in [3.05, 3.63) is 35.1 Å². The second-order valence-electron chi connectivity index (χ2n) is 5.82. The van der Waals surface area contributed by atoms with Crippen LogP contribution < -0.4 is 5.32 Å². The fraction of sp³-hybridized carbons (Fsp3) is 0.562. The number of aliphatic hydroxyl groups excluding tert-OH is 1. The van der Waals surface area contributed by atoms with Gasteiger partial charge >= 0.3 is 0 Å². The molecule has 0 aliphatic heterocycles. The standard InChI is InChI=1S/C16H22FNO3/c17-14-5-4-12(8-13(14)11-19)10-18-15(20)9-16(21)6-2-1-3-7-16/h4-5,8,19,21H,1-3,6-7,9-11H2,(H,18,20). The zero-order chi connectivity index (χ0) is 15.3. The largest absolute Gasteiger partial charge is 0.392 e. The Morgan fingerprint density at radius 1 is 1.29 bits per heavy atom. The molecule has 0 saturated heterocycles. The Morgan fingerprint density at radius 3 is 2.67 bits per heavy atom. The Hall–Kier alpha value is -1.46. The van der Waals surface area contributed by atoms with Crippen molar-refractivity contribution in [3.8, 4) is 0 Å². The third-order valence-corrected chi connectivity index (χ3v) is 4.04. The molecule has 3 N–H and O–H groups in total. The van der Waals surface area contributed by atoms with Crippen LogP contribution in [0.15, 0.2) is 18.2 Å². The molecule has 0 atom stereocenters. The van der Waals surface area contributed by atoms with Gasteiger partial charge < -0.3 is 15.5 Å². The molecule has 1 saturated carbocycles. The quantitative estimate of drug-likeness (QED) is 0.778. The number of halogens is 1. The number of carbonyl (C=O) groups excluding carboxylic acids is 1. The van der Waals surface area contributed by atoms with Gasteiger partial charge in [-0.15, -0.1) is 0 Å². The Morgan fingerprint density at radius 2 is 2.00 bits per heavy atom. The summed E-state index contributed by atoms with van der Waals surface area (Å²) in [7, 11) is 0. The van der Waals surface area contributed by atoms with E-state index >= 15 is 0 Å². The topological polar surface area (TPSA) is 69.6 Å². The smallest absolute Gasteiger partial charge is 0.223 e. The van der Waals surface area contributed by atoms with Crippen LogP contribution in [-0.2, 0) is 17.9 Å². The van der Waals surface area contributed by atoms with Crippen molar-refractivity contribution >= 4 is 5.91 Å². The summed E-state index contributed by atoms with van der Waals surface area (Å²) in [5.74, 6) is -0.654. The van der Waals surface area contributed by atoms with E-state index in [4.69, 9.17) is 5.11 Å². The number of nitrogens with one attached hydrogen (secondary N) is 1. The SMILES string of the molecule is O=C(CC1(O)CCCCC1)NCc1ccc(F)c(CO)c1. The van der Waals surface area contributed by atoms with E-state index in [0.29, 0.717) is 12.8 Å². The van der Waals surface area contributed by atoms with Crippen molar-refractivity contribution < 1.29 is 19.4 Å². The van der Waals surface area contributed by atoms with Gasteiger partial charge in [-0.25, -0.2) is 4.39 Å². The number of aliphatic hydroxyl groups is 2. The lowest BCUT2D eigenvalue weighted by atomic mass is 9.82. The summed E-state index contributed by atoms with van der Waals surface area (Å²) in [5, 5.41) is 22.1. The van der Waals surface area contributed by atoms with Gasteiger partial charge in [0.1, 0.15) is 5.82 Å². The van der Waals surface area contributed by atoms with Crippen LogP contribution in [0.5, 0.6) is 0 Å². The number of hydrogen-bond acceptors (Lipinski definition) is 3. The van der Waals surface area contributed by atoms with Crippen molar-refractivity contribution in [2.75, 3.05) is 0 Å². The van der Waals surface area contributed by atoms with Gasteiger partial charge in [-0.1, -0.05) is 25.3 Å². The third-order valence-electron chi connectivity index (χ3n) is 4.04. The number of hydrogen-bond donors (Lipinski definition) is 3. The van der Waals surface area contributed by atoms with Gasteiger partial charge in [0.2, 0.25) is 5.91 Å². The van der Waals surface area contributed by atoms with Gasteiger partial charge in [0, 0.05) is 12.1 Å². The lowest BCUT2D eigenvalue weighted by Crippen LogP contribution is -2.38. The molecule has 0 aromatic heterocycles. The van der Waals surface area contributed by atoms with E-state index in [1.165, 1.54) is 12.1 Å². The molecule has 1 aromatic carbocycles. The molecule has 1 amide bonds. The second-order valence-corrected chi connectivity index (χ2v) is 5.82. The molecule has 2 rings (SSSR count). The fourth-order valence-corrected chi connectivity index (χ4v) is 2.81. The highest BCUT2D eigenvalue weighted by molar-refractivity contribution is 5.77. The molecule has 0 spiro atoms. The van der Waals surface area contributed by atoms with Crippen LogP contribution >= 0.6 is 0 Å². The Labute approximate surface area is 124 Å². The van der Waals surface area contributed by atoms with E-state index in [-0.39, 0.29) is 31.0 Å². The zero-order valence-corrected chi connectivity index (χ0v) is 12.1. The first kappa shape index (κ1) is 15.9. The lowest BCUT2D eigenvalue weighted by molar-refractivity contribution is -0.127. The van der Waals surface area contributed by atoms with E-state index in [9.17, 15) is 14.3 Å². The molecule has 0 unspecified atom stereocenters. The van der Waals surface area contributed by atoms with Crippen molar-refractivity contribution in [2.24, 2.45) is 0 Å². The first-order valence-corrected chi connectivity index (χ1v) is 7.40. The van der Waals surface area contributed by atoms with Crippen molar-refractivity contribution in [1.29, 1.82) is 0 Å². The average Bonchev–Trinajstić information content (AvgIpc) is 2.46. The van der Waals surface area contributed by atoms with E-state index in [2.05, 4.69) is 5.32 Å². The highest BCUT2D eigenvalue weighted by Crippen LogP contribution is 2.30. The highest BCUT2D eigenvalue weighted by atomic mass is 19.1. The third kappa shape index (κ3) is 4.51. The molecule has 1 aromatic rings. The molecule has 1 aliphatic rings. The first-order chi connectivity index (χ1) is 10.0. The van der Waals surface area contributed by atoms with E-state index in [0.717, 1.165) is 24.8 Å². The summed E-state index contributed by atoms with van der Waals surface area (Å²) in [4.78, 5) is 11.9. The minimum atomic E-state index is -0.874. The number of rotatable bonds is 5. The monoisotopic (exact) mass is 295 g/mol. The second kappa shape index (κ2) is 7.00. The lowest BCUT2D eigenvalue weighted by Gasteiger charge is -2.31. The molecular weight excluding hydrogens is 273 g/mol. The van der Waals surface area contributed by atoms with Gasteiger partial charge in [0.25, 0.3) is 0 Å². The van der Waals surface area contributed by atoms with Crippen LogP contribution in [-0.4, -0.2) is 21.7 Å². The van der Waals surface area contributed by atoms with Crippen LogP contribution in [0, 0.1) is 5.82 Å². The molecule has 4 nitrogen and oxygen atoms in total. The van der Waals surface area contributed by atoms with Crippen LogP contribution in [0.25, 0.3) is 0 Å². The highest BCUT2D eigenvalue weighted by Gasteiger charge is 2.31. The van der Waals surface area contributed by atoms with Crippen LogP contribution in [0.3, 0.4) is 0 Å². The maximum atomic E-state index is 13.2. The normalized spacial score (nSPS) is 17.5. The number of carbonyl (C=O) groups is 1. The van der Waals surface area contributed by atoms with Gasteiger partial charge in [-0.2, -0.15) is 0 Å². The Balaban J connectivity index is 1.86. The van der Waals surface area contributed by atoms with Gasteiger partial charge in [-0.05, 0) is 30.5 Å². The minimum Gasteiger partial charge on any atom is -0.392 e. The number of amides is 1. The molecular formula is C16H22FNO3. The number of benzene rings is 1. The molecule has 21 heavy (non-hydrogen) atoms. The summed E-state index contributed by atoms with van der Waals surface area (Å²) in [6, 6.07) is 4.39. The maximum absolute atomic E-state index is 13.2. The van der Waals surface area contributed by atoms with E-state index < -0.39 is 11.4 Å². The van der Waals surface area contributed by atoms with Crippen LogP contribution in [0.2, 0.25) is 0 Å². The fourth-order valence-electron chi connectivity index (χ4n) is 2.81. The summed E-state index contributed by atoms with van der Waals surface area (Å²) >= 11 is 0. The molecule has 116 valence electrons. The molecule has 0 radical (unpaired) electrons. The van der Waals surface area contributed by atoms with Gasteiger partial charge in [0.05, 0.1) is 18.6 Å². The average molecular weight is 295 g/mol. The van der Waals surface area contributed by atoms with Crippen molar-refractivity contribution in [1.82, 2.24) is 5.32 Å². The molecule has 0 bridgehead atoms. The zero-order valence-electron chi connectivity index (χ0n) is 12.1. The Bertz CT molecular complexity index is 498. The summed E-state index contributed by atoms with van der Waals surface area (Å²) < 4.78 is 13.2. The molecule has 1 aliphatic carbocycles. The maximum Gasteiger partial charge on any atom is 0.223 e. The van der Waals surface area contributed by atoms with Crippen molar-refractivity contribution in [2.45, 2.75) is 57.3 Å². The summed E-state index contributed by atoms with van der Waals surface area (Å²) in [5.41, 5.74) is 0.0681. The van der Waals surface area contributed by atoms with E-state index in [1.54, 1.807) is 6.07 Å². The van der Waals surface area contributed by atoms with Crippen LogP contribution in [0.1, 0.15) is 49.7 Å². The van der Waals surface area contributed by atoms with Crippen LogP contribution in [0.4, 0.5) is 4.39 Å². The first-order valence-electron chi connectivity index (χ1n) is 7.40. The minimum absolute atomic E-state index is 0.112. The van der Waals surface area contributed by atoms with E-state index in [1.807, 2.05) is 0 Å². The molecule has 5 heteroatoms. The summed E-state index contributed by atoms with van der Waals surface area (Å²) in [6.07, 6.45) is 4.49.